The maximum atomic E-state index is 5.72. The highest BCUT2D eigenvalue weighted by Crippen LogP contribution is 2.32. The van der Waals surface area contributed by atoms with E-state index in [1.54, 1.807) is 22.7 Å². The third-order valence-electron chi connectivity index (χ3n) is 2.20. The van der Waals surface area contributed by atoms with Crippen molar-refractivity contribution in [2.24, 2.45) is 0 Å². The van der Waals surface area contributed by atoms with Crippen LogP contribution in [0.25, 0.3) is 9.75 Å². The van der Waals surface area contributed by atoms with Crippen LogP contribution in [0.3, 0.4) is 0 Å². The molecular formula is C10H8B2S2. The molecule has 0 aliphatic rings. The molecule has 0 aliphatic heterocycles. The van der Waals surface area contributed by atoms with Crippen LogP contribution in [0.1, 0.15) is 10.4 Å². The van der Waals surface area contributed by atoms with Crippen LogP contribution in [0.4, 0.5) is 0 Å². The van der Waals surface area contributed by atoms with Crippen molar-refractivity contribution in [3.63, 3.8) is 0 Å². The normalized spacial score (nSPS) is 10.7. The van der Waals surface area contributed by atoms with E-state index in [1.165, 1.54) is 20.2 Å². The molecule has 14 heavy (non-hydrogen) atoms. The molecule has 0 spiro atoms. The van der Waals surface area contributed by atoms with Crippen LogP contribution in [0.15, 0.2) is 12.1 Å². The molecule has 0 saturated heterocycles. The summed E-state index contributed by atoms with van der Waals surface area (Å²) in [6.45, 7) is 4.25. The van der Waals surface area contributed by atoms with Gasteiger partial charge in [0, 0.05) is 14.6 Å². The molecule has 0 atom stereocenters. The second kappa shape index (κ2) is 3.59. The van der Waals surface area contributed by atoms with Crippen molar-refractivity contribution in [1.82, 2.24) is 0 Å². The molecule has 2 heterocycles. The van der Waals surface area contributed by atoms with Crippen LogP contribution >= 0.6 is 22.7 Å². The molecule has 0 nitrogen and oxygen atoms in total. The smallest absolute Gasteiger partial charge is 0.128 e. The maximum absolute atomic E-state index is 5.72. The Kier molecular flexibility index (Phi) is 2.58. The number of hydrogen-bond acceptors (Lipinski definition) is 2. The highest BCUT2D eigenvalue weighted by Gasteiger charge is 2.07. The Morgan fingerprint density at radius 3 is 2.07 bits per heavy atom. The Hall–Kier alpha value is -0.470. The van der Waals surface area contributed by atoms with Crippen molar-refractivity contribution in [2.75, 3.05) is 0 Å². The van der Waals surface area contributed by atoms with Crippen molar-refractivity contribution in [2.45, 2.75) is 13.8 Å². The fourth-order valence-corrected chi connectivity index (χ4v) is 3.19. The van der Waals surface area contributed by atoms with Crippen LogP contribution in [0.5, 0.6) is 0 Å². The molecule has 0 fully saturated rings. The Balaban J connectivity index is 2.49. The quantitative estimate of drug-likeness (QED) is 0.633. The number of thiophene rings is 2. The van der Waals surface area contributed by atoms with E-state index in [1.807, 2.05) is 6.07 Å². The number of hydrogen-bond donors (Lipinski definition) is 0. The van der Waals surface area contributed by atoms with E-state index in [2.05, 4.69) is 19.9 Å². The lowest BCUT2D eigenvalue weighted by molar-refractivity contribution is 1.44. The first kappa shape index (κ1) is 10.1. The van der Waals surface area contributed by atoms with Crippen LogP contribution < -0.4 is 10.2 Å². The Morgan fingerprint density at radius 1 is 1.00 bits per heavy atom. The van der Waals surface area contributed by atoms with Gasteiger partial charge < -0.3 is 0 Å². The summed E-state index contributed by atoms with van der Waals surface area (Å²) in [6, 6.07) is 4.13. The largest absolute Gasteiger partial charge is 0.152 e. The molecule has 66 valence electrons. The highest BCUT2D eigenvalue weighted by atomic mass is 32.1. The van der Waals surface area contributed by atoms with Gasteiger partial charge in [0.15, 0.2) is 0 Å². The zero-order chi connectivity index (χ0) is 10.3. The molecule has 4 heteroatoms. The molecule has 0 bridgehead atoms. The van der Waals surface area contributed by atoms with Crippen LogP contribution in [-0.2, 0) is 0 Å². The summed E-state index contributed by atoms with van der Waals surface area (Å²) < 4.78 is 0.712. The van der Waals surface area contributed by atoms with Crippen molar-refractivity contribution in [1.29, 1.82) is 0 Å². The topological polar surface area (TPSA) is 0 Å². The minimum absolute atomic E-state index is 0.689. The zero-order valence-electron chi connectivity index (χ0n) is 8.13. The lowest BCUT2D eigenvalue weighted by Gasteiger charge is -1.87. The van der Waals surface area contributed by atoms with Gasteiger partial charge in [-0.3, -0.25) is 0 Å². The van der Waals surface area contributed by atoms with E-state index < -0.39 is 0 Å². The molecule has 2 rings (SSSR count). The Labute approximate surface area is 94.8 Å². The summed E-state index contributed by atoms with van der Waals surface area (Å²) in [4.78, 5) is 3.78. The summed E-state index contributed by atoms with van der Waals surface area (Å²) in [5, 5.41) is 0. The van der Waals surface area contributed by atoms with E-state index in [-0.39, 0.29) is 0 Å². The Bertz CT molecular complexity index is 385. The van der Waals surface area contributed by atoms with Gasteiger partial charge in [0.05, 0.1) is 0 Å². The van der Waals surface area contributed by atoms with E-state index in [0.717, 1.165) is 0 Å². The predicted molar refractivity (Wildman–Crippen MR) is 67.9 cm³/mol. The van der Waals surface area contributed by atoms with Crippen LogP contribution in [0.2, 0.25) is 0 Å². The fourth-order valence-electron chi connectivity index (χ4n) is 1.24. The predicted octanol–water partition coefficient (Wildman–Crippen LogP) is 1.68. The number of rotatable bonds is 1. The molecule has 0 unspecified atom stereocenters. The van der Waals surface area contributed by atoms with Gasteiger partial charge in [0.2, 0.25) is 0 Å². The average molecular weight is 214 g/mol. The van der Waals surface area contributed by atoms with E-state index in [9.17, 15) is 0 Å². The molecule has 2 aromatic heterocycles. The molecule has 0 saturated carbocycles. The summed E-state index contributed by atoms with van der Waals surface area (Å²) in [6.07, 6.45) is 0. The minimum atomic E-state index is 0.689. The SMILES string of the molecule is [B]c1cc(-c2cc(C)c(C)s2)sc1[B]. The molecule has 4 radical (unpaired) electrons. The molecule has 0 aliphatic carbocycles. The molecule has 0 N–H and O–H groups in total. The molecule has 0 amide bonds. The highest BCUT2D eigenvalue weighted by molar-refractivity contribution is 7.27. The molecule has 0 aromatic carbocycles. The maximum Gasteiger partial charge on any atom is 0.128 e. The van der Waals surface area contributed by atoms with Crippen molar-refractivity contribution >= 4 is 48.6 Å². The lowest BCUT2D eigenvalue weighted by atomic mass is 9.89. The summed E-state index contributed by atoms with van der Waals surface area (Å²) in [5.41, 5.74) is 2.02. The molecule has 2 aromatic rings. The van der Waals surface area contributed by atoms with Gasteiger partial charge in [-0.2, -0.15) is 11.3 Å². The van der Waals surface area contributed by atoms with Crippen molar-refractivity contribution in [3.8, 4) is 9.75 Å². The molecular weight excluding hydrogens is 206 g/mol. The first-order valence-electron chi connectivity index (χ1n) is 4.30. The standard InChI is InChI=1S/C10H8B2S2/c1-5-3-8(13-6(5)2)9-4-7(11)10(12)14-9/h3-4H,1-2H3. The van der Waals surface area contributed by atoms with Gasteiger partial charge in [0.1, 0.15) is 15.7 Å². The van der Waals surface area contributed by atoms with Gasteiger partial charge in [-0.05, 0) is 25.5 Å². The van der Waals surface area contributed by atoms with Gasteiger partial charge in [-0.1, -0.05) is 16.3 Å². The zero-order valence-corrected chi connectivity index (χ0v) is 9.76. The lowest BCUT2D eigenvalue weighted by Crippen LogP contribution is -2.18. The number of aryl methyl sites for hydroxylation is 2. The second-order valence-electron chi connectivity index (χ2n) is 3.28. The van der Waals surface area contributed by atoms with Gasteiger partial charge in [0.25, 0.3) is 0 Å². The first-order chi connectivity index (χ1) is 6.58. The summed E-state index contributed by atoms with van der Waals surface area (Å²) in [5.74, 6) is 0. The monoisotopic (exact) mass is 214 g/mol. The van der Waals surface area contributed by atoms with E-state index in [4.69, 9.17) is 15.7 Å². The Morgan fingerprint density at radius 2 is 1.64 bits per heavy atom. The van der Waals surface area contributed by atoms with Gasteiger partial charge >= 0.3 is 0 Å². The van der Waals surface area contributed by atoms with Crippen LogP contribution in [-0.4, -0.2) is 15.7 Å². The first-order valence-corrected chi connectivity index (χ1v) is 5.93. The summed E-state index contributed by atoms with van der Waals surface area (Å²) >= 11 is 3.34. The summed E-state index contributed by atoms with van der Waals surface area (Å²) in [7, 11) is 11.4. The van der Waals surface area contributed by atoms with Crippen LogP contribution in [0, 0.1) is 13.8 Å². The second-order valence-corrected chi connectivity index (χ2v) is 5.62. The van der Waals surface area contributed by atoms with E-state index in [0.29, 0.717) is 10.2 Å². The van der Waals surface area contributed by atoms with E-state index >= 15 is 0 Å². The minimum Gasteiger partial charge on any atom is -0.152 e. The third-order valence-corrected chi connectivity index (χ3v) is 4.53. The van der Waals surface area contributed by atoms with Gasteiger partial charge in [-0.15, -0.1) is 11.3 Å². The third kappa shape index (κ3) is 1.69. The average Bonchev–Trinajstić information content (AvgIpc) is 2.60. The van der Waals surface area contributed by atoms with Crippen molar-refractivity contribution in [3.05, 3.63) is 22.6 Å². The van der Waals surface area contributed by atoms with Gasteiger partial charge in [-0.25, -0.2) is 0 Å². The van der Waals surface area contributed by atoms with Crippen molar-refractivity contribution < 1.29 is 0 Å². The fraction of sp³-hybridized carbons (Fsp3) is 0.200.